The van der Waals surface area contributed by atoms with E-state index in [4.69, 9.17) is 21.9 Å². The molecule has 0 saturated heterocycles. The molecule has 1 amide bonds. The van der Waals surface area contributed by atoms with E-state index in [1.165, 1.54) is 23.1 Å². The minimum atomic E-state index is -0.227. The maximum atomic E-state index is 13.9. The van der Waals surface area contributed by atoms with Crippen molar-refractivity contribution in [3.05, 3.63) is 97.7 Å². The number of thiazole rings is 1. The summed E-state index contributed by atoms with van der Waals surface area (Å²) in [6, 6.07) is 20.8. The van der Waals surface area contributed by atoms with Gasteiger partial charge in [-0.2, -0.15) is 0 Å². The molecule has 0 atom stereocenters. The highest BCUT2D eigenvalue weighted by Crippen LogP contribution is 2.28. The molecule has 2 heterocycles. The smallest absolute Gasteiger partial charge is 0.278 e. The average molecular weight is 575 g/mol. The number of hydrogen-bond acceptors (Lipinski definition) is 7. The van der Waals surface area contributed by atoms with Gasteiger partial charge < -0.3 is 10.1 Å². The minimum absolute atomic E-state index is 0.0511. The normalized spacial score (nSPS) is 11.1. The summed E-state index contributed by atoms with van der Waals surface area (Å²) in [4.78, 5) is 31.7. The predicted molar refractivity (Wildman–Crippen MR) is 162 cm³/mol. The van der Waals surface area contributed by atoms with Gasteiger partial charge >= 0.3 is 0 Å². The Labute approximate surface area is 239 Å². The van der Waals surface area contributed by atoms with Crippen molar-refractivity contribution in [1.82, 2.24) is 14.1 Å². The van der Waals surface area contributed by atoms with Gasteiger partial charge in [-0.15, -0.1) is 0 Å². The SMILES string of the molecule is COc1cccc(NC(=O)CSc2nc3c(sc(=S)n3-c3ccc(C)c(C)c3)c(=O)n2-c2ccc(C)cc2)c1. The highest BCUT2D eigenvalue weighted by molar-refractivity contribution is 7.99. The van der Waals surface area contributed by atoms with Gasteiger partial charge in [0.25, 0.3) is 5.56 Å². The van der Waals surface area contributed by atoms with Gasteiger partial charge in [-0.1, -0.05) is 52.9 Å². The molecule has 1 N–H and O–H groups in total. The number of aromatic nitrogens is 3. The molecular weight excluding hydrogens is 549 g/mol. The number of ether oxygens (including phenoxy) is 1. The molecule has 0 saturated carbocycles. The van der Waals surface area contributed by atoms with Gasteiger partial charge in [-0.25, -0.2) is 4.98 Å². The summed E-state index contributed by atoms with van der Waals surface area (Å²) in [6.07, 6.45) is 0. The maximum Gasteiger partial charge on any atom is 0.278 e. The summed E-state index contributed by atoms with van der Waals surface area (Å²) >= 11 is 8.14. The summed E-state index contributed by atoms with van der Waals surface area (Å²) in [7, 11) is 1.58. The van der Waals surface area contributed by atoms with E-state index < -0.39 is 0 Å². The van der Waals surface area contributed by atoms with Crippen LogP contribution in [0.15, 0.2) is 76.7 Å². The van der Waals surface area contributed by atoms with Crippen LogP contribution in [0.5, 0.6) is 5.75 Å². The first-order valence-corrected chi connectivity index (χ1v) is 14.4. The third kappa shape index (κ3) is 5.54. The number of carbonyl (C=O) groups excluding carboxylic acids is 1. The van der Waals surface area contributed by atoms with E-state index in [2.05, 4.69) is 5.32 Å². The van der Waals surface area contributed by atoms with Crippen LogP contribution in [0.2, 0.25) is 0 Å². The van der Waals surface area contributed by atoms with Crippen molar-refractivity contribution in [2.45, 2.75) is 25.9 Å². The fraction of sp³-hybridized carbons (Fsp3) is 0.172. The van der Waals surface area contributed by atoms with Gasteiger partial charge in [0.15, 0.2) is 14.8 Å². The van der Waals surface area contributed by atoms with Crippen LogP contribution in [0.1, 0.15) is 16.7 Å². The molecule has 5 rings (SSSR count). The third-order valence-corrected chi connectivity index (χ3v) is 8.59. The summed E-state index contributed by atoms with van der Waals surface area (Å²) in [5.41, 5.74) is 5.76. The Kier molecular flexibility index (Phi) is 7.69. The Hall–Kier alpha value is -3.73. The lowest BCUT2D eigenvalue weighted by Gasteiger charge is -2.14. The van der Waals surface area contributed by atoms with E-state index in [0.29, 0.717) is 36.6 Å². The molecule has 39 heavy (non-hydrogen) atoms. The van der Waals surface area contributed by atoms with Crippen molar-refractivity contribution in [1.29, 1.82) is 0 Å². The number of hydrogen-bond donors (Lipinski definition) is 1. The number of anilines is 1. The summed E-state index contributed by atoms with van der Waals surface area (Å²) < 4.78 is 9.63. The van der Waals surface area contributed by atoms with Crippen LogP contribution < -0.4 is 15.6 Å². The molecule has 2 aromatic heterocycles. The Morgan fingerprint density at radius 3 is 2.46 bits per heavy atom. The monoisotopic (exact) mass is 574 g/mol. The van der Waals surface area contributed by atoms with Crippen LogP contribution in [0.4, 0.5) is 5.69 Å². The van der Waals surface area contributed by atoms with E-state index >= 15 is 0 Å². The lowest BCUT2D eigenvalue weighted by molar-refractivity contribution is -0.113. The first kappa shape index (κ1) is 26.9. The highest BCUT2D eigenvalue weighted by Gasteiger charge is 2.20. The first-order valence-electron chi connectivity index (χ1n) is 12.1. The zero-order chi connectivity index (χ0) is 27.7. The third-order valence-electron chi connectivity index (χ3n) is 6.30. The molecule has 3 aromatic carbocycles. The van der Waals surface area contributed by atoms with E-state index in [-0.39, 0.29) is 17.2 Å². The number of fused-ring (bicyclic) bond motifs is 1. The molecule has 0 fully saturated rings. The molecule has 5 aromatic rings. The number of aryl methyl sites for hydroxylation is 3. The number of nitrogens with one attached hydrogen (secondary N) is 1. The Bertz CT molecular complexity index is 1820. The van der Waals surface area contributed by atoms with Crippen LogP contribution >= 0.6 is 35.3 Å². The molecular formula is C29H26N4O3S3. The quantitative estimate of drug-likeness (QED) is 0.134. The predicted octanol–water partition coefficient (Wildman–Crippen LogP) is 6.63. The second kappa shape index (κ2) is 11.2. The average Bonchev–Trinajstić information content (AvgIpc) is 3.26. The number of carbonyl (C=O) groups is 1. The standard InChI is InChI=1S/C29H26N4O3S3/c1-17-8-11-21(12-9-17)33-27(35)25-26(32(29(37)39-25)22-13-10-18(2)19(3)14-22)31-28(33)38-16-24(34)30-20-6-5-7-23(15-20)36-4/h5-15H,16H2,1-4H3,(H,30,34). The molecule has 0 aliphatic carbocycles. The number of methoxy groups -OCH3 is 1. The summed E-state index contributed by atoms with van der Waals surface area (Å²) in [5.74, 6) is 0.471. The van der Waals surface area contributed by atoms with Crippen molar-refractivity contribution in [2.75, 3.05) is 18.2 Å². The van der Waals surface area contributed by atoms with Gasteiger partial charge in [-0.05, 0) is 80.5 Å². The van der Waals surface area contributed by atoms with Gasteiger partial charge in [0.2, 0.25) is 5.91 Å². The molecule has 0 bridgehead atoms. The fourth-order valence-corrected chi connectivity index (χ4v) is 6.18. The van der Waals surface area contributed by atoms with Crippen LogP contribution in [-0.2, 0) is 4.79 Å². The molecule has 0 spiro atoms. The zero-order valence-corrected chi connectivity index (χ0v) is 24.3. The lowest BCUT2D eigenvalue weighted by Crippen LogP contribution is -2.22. The number of thioether (sulfide) groups is 1. The molecule has 7 nitrogen and oxygen atoms in total. The number of benzene rings is 3. The minimum Gasteiger partial charge on any atom is -0.497 e. The molecule has 0 radical (unpaired) electrons. The second-order valence-corrected chi connectivity index (χ2v) is 11.7. The Balaban J connectivity index is 1.59. The molecule has 0 aliphatic rings. The Morgan fingerprint density at radius 1 is 1.00 bits per heavy atom. The van der Waals surface area contributed by atoms with E-state index in [1.807, 2.05) is 73.9 Å². The van der Waals surface area contributed by atoms with E-state index in [9.17, 15) is 9.59 Å². The molecule has 198 valence electrons. The van der Waals surface area contributed by atoms with Crippen molar-refractivity contribution in [3.8, 4) is 17.1 Å². The first-order chi connectivity index (χ1) is 18.7. The summed E-state index contributed by atoms with van der Waals surface area (Å²) in [5, 5.41) is 3.29. The van der Waals surface area contributed by atoms with E-state index in [0.717, 1.165) is 22.4 Å². The fourth-order valence-electron chi connectivity index (χ4n) is 4.07. The molecule has 0 aliphatic heterocycles. The largest absolute Gasteiger partial charge is 0.497 e. The van der Waals surface area contributed by atoms with Gasteiger partial charge in [-0.3, -0.25) is 18.7 Å². The summed E-state index contributed by atoms with van der Waals surface area (Å²) in [6.45, 7) is 6.08. The van der Waals surface area contributed by atoms with Crippen molar-refractivity contribution in [2.24, 2.45) is 0 Å². The highest BCUT2D eigenvalue weighted by atomic mass is 32.2. The van der Waals surface area contributed by atoms with Gasteiger partial charge in [0.1, 0.15) is 10.4 Å². The molecule has 0 unspecified atom stereocenters. The van der Waals surface area contributed by atoms with E-state index in [1.54, 1.807) is 29.9 Å². The maximum absolute atomic E-state index is 13.9. The van der Waals surface area contributed by atoms with Crippen LogP contribution in [0.3, 0.4) is 0 Å². The van der Waals surface area contributed by atoms with Crippen molar-refractivity contribution >= 4 is 57.3 Å². The Morgan fingerprint density at radius 2 is 1.74 bits per heavy atom. The van der Waals surface area contributed by atoms with Crippen LogP contribution in [-0.4, -0.2) is 32.9 Å². The van der Waals surface area contributed by atoms with Crippen molar-refractivity contribution < 1.29 is 9.53 Å². The zero-order valence-electron chi connectivity index (χ0n) is 21.8. The van der Waals surface area contributed by atoms with Gasteiger partial charge in [0.05, 0.1) is 18.6 Å². The number of amides is 1. The topological polar surface area (TPSA) is 78.2 Å². The lowest BCUT2D eigenvalue weighted by atomic mass is 10.1. The molecule has 10 heteroatoms. The number of nitrogens with zero attached hydrogens (tertiary/aromatic N) is 3. The van der Waals surface area contributed by atoms with Gasteiger partial charge in [0, 0.05) is 17.4 Å². The van der Waals surface area contributed by atoms with Crippen LogP contribution in [0, 0.1) is 24.7 Å². The number of rotatable bonds is 7. The second-order valence-electron chi connectivity index (χ2n) is 9.06. The van der Waals surface area contributed by atoms with Crippen LogP contribution in [0.25, 0.3) is 21.7 Å². The van der Waals surface area contributed by atoms with Crippen molar-refractivity contribution in [3.63, 3.8) is 0 Å².